The Kier molecular flexibility index (Phi) is 4.85. The molecule has 0 saturated heterocycles. The van der Waals surface area contributed by atoms with Gasteiger partial charge < -0.3 is 9.47 Å². The lowest BCUT2D eigenvalue weighted by molar-refractivity contribution is 0.388. The zero-order valence-electron chi connectivity index (χ0n) is 11.8. The summed E-state index contributed by atoms with van der Waals surface area (Å²) in [6, 6.07) is 12.2. The Bertz CT molecular complexity index is 590. The third kappa shape index (κ3) is 3.42. The largest absolute Gasteiger partial charge is 0.496 e. The molecule has 2 aromatic rings. The Morgan fingerprint density at radius 3 is 1.85 bits per heavy atom. The lowest BCUT2D eigenvalue weighted by Gasteiger charge is -2.10. The molecule has 0 aliphatic rings. The van der Waals surface area contributed by atoms with Gasteiger partial charge in [-0.15, -0.1) is 0 Å². The fourth-order valence-electron chi connectivity index (χ4n) is 1.97. The van der Waals surface area contributed by atoms with Crippen LogP contribution in [0.15, 0.2) is 40.9 Å². The van der Waals surface area contributed by atoms with Gasteiger partial charge in [0.2, 0.25) is 0 Å². The average Bonchev–Trinajstić information content (AvgIpc) is 2.47. The van der Waals surface area contributed by atoms with Gasteiger partial charge in [-0.2, -0.15) is 0 Å². The summed E-state index contributed by atoms with van der Waals surface area (Å²) in [6.07, 6.45) is 4.11. The molecular weight excluding hydrogens is 316 g/mol. The minimum atomic E-state index is 0.833. The molecule has 2 aromatic carbocycles. The molecule has 0 aliphatic heterocycles. The third-order valence-corrected chi connectivity index (χ3v) is 3.64. The van der Waals surface area contributed by atoms with E-state index in [1.165, 1.54) is 0 Å². The van der Waals surface area contributed by atoms with Crippen molar-refractivity contribution >= 4 is 28.1 Å². The van der Waals surface area contributed by atoms with E-state index in [9.17, 15) is 0 Å². The number of halogens is 1. The lowest BCUT2D eigenvalue weighted by atomic mass is 10.1. The number of ether oxygens (including phenoxy) is 2. The molecular formula is C17H17BrO2. The summed E-state index contributed by atoms with van der Waals surface area (Å²) in [5.41, 5.74) is 3.20. The topological polar surface area (TPSA) is 18.5 Å². The highest BCUT2D eigenvalue weighted by molar-refractivity contribution is 9.10. The second-order valence-corrected chi connectivity index (χ2v) is 5.35. The van der Waals surface area contributed by atoms with E-state index in [2.05, 4.69) is 34.1 Å². The summed E-state index contributed by atoms with van der Waals surface area (Å²) in [5.74, 6) is 1.67. The number of methoxy groups -OCH3 is 2. The van der Waals surface area contributed by atoms with Crippen molar-refractivity contribution in [3.8, 4) is 11.5 Å². The quantitative estimate of drug-likeness (QED) is 0.738. The summed E-state index contributed by atoms with van der Waals surface area (Å²) < 4.78 is 11.8. The molecule has 2 rings (SSSR count). The smallest absolute Gasteiger partial charge is 0.126 e. The van der Waals surface area contributed by atoms with Gasteiger partial charge in [0.25, 0.3) is 0 Å². The highest BCUT2D eigenvalue weighted by Gasteiger charge is 2.06. The first-order chi connectivity index (χ1) is 9.63. The monoisotopic (exact) mass is 332 g/mol. The molecule has 0 N–H and O–H groups in total. The van der Waals surface area contributed by atoms with Crippen molar-refractivity contribution in [2.45, 2.75) is 6.92 Å². The Morgan fingerprint density at radius 1 is 0.850 bits per heavy atom. The van der Waals surface area contributed by atoms with Crippen molar-refractivity contribution in [2.75, 3.05) is 14.2 Å². The van der Waals surface area contributed by atoms with Gasteiger partial charge in [0.15, 0.2) is 0 Å². The zero-order valence-corrected chi connectivity index (χ0v) is 13.4. The molecule has 0 bridgehead atoms. The summed E-state index contributed by atoms with van der Waals surface area (Å²) in [5, 5.41) is 0. The summed E-state index contributed by atoms with van der Waals surface area (Å²) in [7, 11) is 3.34. The molecule has 2 nitrogen and oxygen atoms in total. The number of benzene rings is 2. The van der Waals surface area contributed by atoms with E-state index in [4.69, 9.17) is 9.47 Å². The highest BCUT2D eigenvalue weighted by Crippen LogP contribution is 2.30. The van der Waals surface area contributed by atoms with Crippen LogP contribution in [0.1, 0.15) is 16.7 Å². The average molecular weight is 333 g/mol. The van der Waals surface area contributed by atoms with E-state index in [0.717, 1.165) is 32.7 Å². The minimum absolute atomic E-state index is 0.833. The molecule has 0 heterocycles. The van der Waals surface area contributed by atoms with Gasteiger partial charge in [-0.05, 0) is 42.3 Å². The fraction of sp³-hybridized carbons (Fsp3) is 0.176. The van der Waals surface area contributed by atoms with Gasteiger partial charge in [0, 0.05) is 10.0 Å². The Balaban J connectivity index is 2.31. The minimum Gasteiger partial charge on any atom is -0.496 e. The standard InChI is InChI=1S/C17H17BrO2/c1-12-16(19-2)10-14(11-17(12)20-3)5-4-13-6-8-15(18)9-7-13/h4-11H,1-3H3. The number of rotatable bonds is 4. The van der Waals surface area contributed by atoms with Gasteiger partial charge in [-0.25, -0.2) is 0 Å². The van der Waals surface area contributed by atoms with Crippen LogP contribution in [-0.4, -0.2) is 14.2 Å². The normalized spacial score (nSPS) is 10.8. The van der Waals surface area contributed by atoms with E-state index in [-0.39, 0.29) is 0 Å². The molecule has 0 spiro atoms. The fourth-order valence-corrected chi connectivity index (χ4v) is 2.23. The van der Waals surface area contributed by atoms with Crippen molar-refractivity contribution < 1.29 is 9.47 Å². The van der Waals surface area contributed by atoms with E-state index >= 15 is 0 Å². The van der Waals surface area contributed by atoms with E-state index in [1.807, 2.05) is 37.3 Å². The van der Waals surface area contributed by atoms with Gasteiger partial charge in [0.05, 0.1) is 14.2 Å². The molecule has 0 fully saturated rings. The first-order valence-electron chi connectivity index (χ1n) is 6.30. The maximum absolute atomic E-state index is 5.38. The van der Waals surface area contributed by atoms with Crippen LogP contribution in [0.3, 0.4) is 0 Å². The molecule has 0 radical (unpaired) electrons. The van der Waals surface area contributed by atoms with Crippen molar-refractivity contribution in [3.63, 3.8) is 0 Å². The predicted molar refractivity (Wildman–Crippen MR) is 87.4 cm³/mol. The lowest BCUT2D eigenvalue weighted by Crippen LogP contribution is -1.93. The number of hydrogen-bond acceptors (Lipinski definition) is 2. The van der Waals surface area contributed by atoms with E-state index in [1.54, 1.807) is 14.2 Å². The van der Waals surface area contributed by atoms with Crippen molar-refractivity contribution in [1.82, 2.24) is 0 Å². The maximum atomic E-state index is 5.38. The summed E-state index contributed by atoms with van der Waals surface area (Å²) in [6.45, 7) is 1.99. The van der Waals surface area contributed by atoms with Gasteiger partial charge in [-0.3, -0.25) is 0 Å². The Morgan fingerprint density at radius 2 is 1.35 bits per heavy atom. The zero-order chi connectivity index (χ0) is 14.5. The predicted octanol–water partition coefficient (Wildman–Crippen LogP) is 4.95. The first kappa shape index (κ1) is 14.7. The molecule has 20 heavy (non-hydrogen) atoms. The van der Waals surface area contributed by atoms with Gasteiger partial charge >= 0.3 is 0 Å². The van der Waals surface area contributed by atoms with Gasteiger partial charge in [0.1, 0.15) is 11.5 Å². The second-order valence-electron chi connectivity index (χ2n) is 4.44. The van der Waals surface area contributed by atoms with Crippen molar-refractivity contribution in [1.29, 1.82) is 0 Å². The third-order valence-electron chi connectivity index (χ3n) is 3.11. The molecule has 104 valence electrons. The Labute approximate surface area is 128 Å². The summed E-state index contributed by atoms with van der Waals surface area (Å²) in [4.78, 5) is 0. The first-order valence-corrected chi connectivity index (χ1v) is 7.09. The maximum Gasteiger partial charge on any atom is 0.126 e. The molecule has 0 atom stereocenters. The van der Waals surface area contributed by atoms with Crippen molar-refractivity contribution in [2.24, 2.45) is 0 Å². The van der Waals surface area contributed by atoms with Crippen LogP contribution in [-0.2, 0) is 0 Å². The SMILES string of the molecule is COc1cc(C=Cc2ccc(Br)cc2)cc(OC)c1C. The molecule has 0 aliphatic carbocycles. The molecule has 3 heteroatoms. The summed E-state index contributed by atoms with van der Waals surface area (Å²) >= 11 is 3.43. The van der Waals surface area contributed by atoms with Crippen LogP contribution in [0.25, 0.3) is 12.2 Å². The van der Waals surface area contributed by atoms with Crippen LogP contribution in [0.4, 0.5) is 0 Å². The molecule has 0 unspecified atom stereocenters. The molecule has 0 aromatic heterocycles. The Hall–Kier alpha value is -1.74. The van der Waals surface area contributed by atoms with Crippen LogP contribution in [0, 0.1) is 6.92 Å². The van der Waals surface area contributed by atoms with Gasteiger partial charge in [-0.1, -0.05) is 40.2 Å². The van der Waals surface area contributed by atoms with Crippen LogP contribution >= 0.6 is 15.9 Å². The van der Waals surface area contributed by atoms with E-state index in [0.29, 0.717) is 0 Å². The van der Waals surface area contributed by atoms with Crippen LogP contribution in [0.5, 0.6) is 11.5 Å². The number of hydrogen-bond donors (Lipinski definition) is 0. The molecule has 0 saturated carbocycles. The second kappa shape index (κ2) is 6.62. The van der Waals surface area contributed by atoms with E-state index < -0.39 is 0 Å². The molecule has 0 amide bonds. The van der Waals surface area contributed by atoms with Crippen molar-refractivity contribution in [3.05, 3.63) is 57.6 Å². The highest BCUT2D eigenvalue weighted by atomic mass is 79.9. The van der Waals surface area contributed by atoms with Crippen LogP contribution < -0.4 is 9.47 Å². The van der Waals surface area contributed by atoms with Crippen LogP contribution in [0.2, 0.25) is 0 Å².